The molecule has 0 aliphatic heterocycles. The van der Waals surface area contributed by atoms with Gasteiger partial charge >= 0.3 is 0 Å². The minimum Gasteiger partial charge on any atom is -0.358 e. The third-order valence-electron chi connectivity index (χ3n) is 3.74. The summed E-state index contributed by atoms with van der Waals surface area (Å²) in [4.78, 5) is 19.9. The molecule has 0 unspecified atom stereocenters. The molecule has 0 aliphatic rings. The van der Waals surface area contributed by atoms with E-state index < -0.39 is 0 Å². The van der Waals surface area contributed by atoms with Crippen LogP contribution in [0.2, 0.25) is 0 Å². The third kappa shape index (κ3) is 2.52. The summed E-state index contributed by atoms with van der Waals surface area (Å²) in [5.41, 5.74) is 4.68. The summed E-state index contributed by atoms with van der Waals surface area (Å²) in [6.45, 7) is 4.50. The number of carbonyl (C=O) groups excluding carboxylic acids is 1. The van der Waals surface area contributed by atoms with Gasteiger partial charge in [0.1, 0.15) is 0 Å². The number of nitrogens with one attached hydrogen (secondary N) is 2. The number of carbonyl (C=O) groups is 1. The Balaban J connectivity index is 1.86. The fraction of sp³-hybridized carbons (Fsp3) is 0.176. The van der Waals surface area contributed by atoms with Crippen molar-refractivity contribution in [2.24, 2.45) is 0 Å². The highest BCUT2D eigenvalue weighted by atomic mass is 16.1. The fourth-order valence-electron chi connectivity index (χ4n) is 2.44. The van der Waals surface area contributed by atoms with Gasteiger partial charge in [-0.1, -0.05) is 18.2 Å². The SMILES string of the molecule is Cc1[nH]c2c(C(=O)NCc3ccccn3)cccc2c1C. The van der Waals surface area contributed by atoms with Crippen LogP contribution in [0, 0.1) is 13.8 Å². The summed E-state index contributed by atoms with van der Waals surface area (Å²) in [7, 11) is 0. The molecule has 21 heavy (non-hydrogen) atoms. The molecule has 0 saturated carbocycles. The molecule has 2 heterocycles. The summed E-state index contributed by atoms with van der Waals surface area (Å²) < 4.78 is 0. The van der Waals surface area contributed by atoms with Gasteiger partial charge in [0.2, 0.25) is 0 Å². The summed E-state index contributed by atoms with van der Waals surface area (Å²) in [5, 5.41) is 4.01. The van der Waals surface area contributed by atoms with E-state index in [1.807, 2.05) is 43.3 Å². The van der Waals surface area contributed by atoms with Gasteiger partial charge in [0.15, 0.2) is 0 Å². The van der Waals surface area contributed by atoms with E-state index in [9.17, 15) is 4.79 Å². The molecule has 1 amide bonds. The average Bonchev–Trinajstić information content (AvgIpc) is 2.81. The number of aromatic amines is 1. The zero-order chi connectivity index (χ0) is 14.8. The Kier molecular flexibility index (Phi) is 3.44. The predicted molar refractivity (Wildman–Crippen MR) is 83.2 cm³/mol. The summed E-state index contributed by atoms with van der Waals surface area (Å²) in [5.74, 6) is -0.0903. The number of para-hydroxylation sites is 1. The maximum Gasteiger partial charge on any atom is 0.253 e. The molecule has 0 spiro atoms. The van der Waals surface area contributed by atoms with Crippen molar-refractivity contribution < 1.29 is 4.79 Å². The van der Waals surface area contributed by atoms with Crippen LogP contribution < -0.4 is 5.32 Å². The molecule has 2 aromatic heterocycles. The Morgan fingerprint density at radius 1 is 1.19 bits per heavy atom. The number of nitrogens with zero attached hydrogens (tertiary/aromatic N) is 1. The normalized spacial score (nSPS) is 10.8. The number of benzene rings is 1. The Hall–Kier alpha value is -2.62. The average molecular weight is 279 g/mol. The molecule has 4 heteroatoms. The molecule has 4 nitrogen and oxygen atoms in total. The molecular weight excluding hydrogens is 262 g/mol. The van der Waals surface area contributed by atoms with Crippen LogP contribution in [-0.4, -0.2) is 15.9 Å². The lowest BCUT2D eigenvalue weighted by Crippen LogP contribution is -2.23. The van der Waals surface area contributed by atoms with Crippen LogP contribution in [0.3, 0.4) is 0 Å². The highest BCUT2D eigenvalue weighted by Crippen LogP contribution is 2.24. The number of aryl methyl sites for hydroxylation is 2. The molecule has 3 rings (SSSR count). The number of fused-ring (bicyclic) bond motifs is 1. The van der Waals surface area contributed by atoms with E-state index >= 15 is 0 Å². The van der Waals surface area contributed by atoms with Gasteiger partial charge in [0.05, 0.1) is 23.3 Å². The number of aromatic nitrogens is 2. The van der Waals surface area contributed by atoms with Crippen molar-refractivity contribution in [1.29, 1.82) is 0 Å². The van der Waals surface area contributed by atoms with E-state index in [-0.39, 0.29) is 5.91 Å². The minimum atomic E-state index is -0.0903. The van der Waals surface area contributed by atoms with Gasteiger partial charge in [-0.3, -0.25) is 9.78 Å². The van der Waals surface area contributed by atoms with Gasteiger partial charge in [0.25, 0.3) is 5.91 Å². The third-order valence-corrected chi connectivity index (χ3v) is 3.74. The van der Waals surface area contributed by atoms with Gasteiger partial charge in [-0.05, 0) is 37.6 Å². The van der Waals surface area contributed by atoms with Crippen molar-refractivity contribution in [3.8, 4) is 0 Å². The molecule has 106 valence electrons. The van der Waals surface area contributed by atoms with Crippen LogP contribution in [0.25, 0.3) is 10.9 Å². The largest absolute Gasteiger partial charge is 0.358 e. The molecule has 0 saturated heterocycles. The van der Waals surface area contributed by atoms with E-state index in [1.165, 1.54) is 5.56 Å². The number of pyridine rings is 1. The van der Waals surface area contributed by atoms with Crippen molar-refractivity contribution in [2.75, 3.05) is 0 Å². The Morgan fingerprint density at radius 3 is 2.81 bits per heavy atom. The van der Waals surface area contributed by atoms with Crippen LogP contribution in [0.4, 0.5) is 0 Å². The van der Waals surface area contributed by atoms with E-state index in [0.29, 0.717) is 12.1 Å². The maximum absolute atomic E-state index is 12.4. The first-order chi connectivity index (χ1) is 10.2. The van der Waals surface area contributed by atoms with Crippen LogP contribution in [-0.2, 0) is 6.54 Å². The topological polar surface area (TPSA) is 57.8 Å². The van der Waals surface area contributed by atoms with Gasteiger partial charge in [-0.15, -0.1) is 0 Å². The first-order valence-electron chi connectivity index (χ1n) is 6.93. The highest BCUT2D eigenvalue weighted by molar-refractivity contribution is 6.06. The van der Waals surface area contributed by atoms with Crippen molar-refractivity contribution in [3.63, 3.8) is 0 Å². The lowest BCUT2D eigenvalue weighted by atomic mass is 10.1. The standard InChI is InChI=1S/C17H17N3O/c1-11-12(2)20-16-14(11)7-5-8-15(16)17(21)19-10-13-6-3-4-9-18-13/h3-9,20H,10H2,1-2H3,(H,19,21). The molecule has 0 atom stereocenters. The molecule has 1 aromatic carbocycles. The van der Waals surface area contributed by atoms with E-state index in [0.717, 1.165) is 22.3 Å². The molecule has 3 aromatic rings. The van der Waals surface area contributed by atoms with Crippen molar-refractivity contribution in [3.05, 3.63) is 65.1 Å². The zero-order valence-electron chi connectivity index (χ0n) is 12.1. The van der Waals surface area contributed by atoms with Crippen molar-refractivity contribution >= 4 is 16.8 Å². The van der Waals surface area contributed by atoms with Crippen molar-refractivity contribution in [1.82, 2.24) is 15.3 Å². The number of H-pyrrole nitrogens is 1. The molecule has 0 radical (unpaired) electrons. The van der Waals surface area contributed by atoms with Crippen LogP contribution >= 0.6 is 0 Å². The van der Waals surface area contributed by atoms with Gasteiger partial charge in [-0.2, -0.15) is 0 Å². The number of amides is 1. The highest BCUT2D eigenvalue weighted by Gasteiger charge is 2.13. The first kappa shape index (κ1) is 13.4. The lowest BCUT2D eigenvalue weighted by molar-refractivity contribution is 0.0952. The second-order valence-electron chi connectivity index (χ2n) is 5.11. The van der Waals surface area contributed by atoms with Gasteiger partial charge in [0, 0.05) is 17.3 Å². The smallest absolute Gasteiger partial charge is 0.253 e. The molecular formula is C17H17N3O. The molecule has 0 aliphatic carbocycles. The number of hydrogen-bond acceptors (Lipinski definition) is 2. The molecule has 2 N–H and O–H groups in total. The monoisotopic (exact) mass is 279 g/mol. The number of rotatable bonds is 3. The summed E-state index contributed by atoms with van der Waals surface area (Å²) in [6.07, 6.45) is 1.72. The van der Waals surface area contributed by atoms with Crippen LogP contribution in [0.1, 0.15) is 27.3 Å². The van der Waals surface area contributed by atoms with E-state index in [4.69, 9.17) is 0 Å². The van der Waals surface area contributed by atoms with Crippen LogP contribution in [0.15, 0.2) is 42.6 Å². The summed E-state index contributed by atoms with van der Waals surface area (Å²) >= 11 is 0. The van der Waals surface area contributed by atoms with Crippen LogP contribution in [0.5, 0.6) is 0 Å². The van der Waals surface area contributed by atoms with E-state index in [2.05, 4.69) is 22.2 Å². The summed E-state index contributed by atoms with van der Waals surface area (Å²) in [6, 6.07) is 11.4. The zero-order valence-corrected chi connectivity index (χ0v) is 12.1. The Morgan fingerprint density at radius 2 is 2.05 bits per heavy atom. The quantitative estimate of drug-likeness (QED) is 0.774. The minimum absolute atomic E-state index is 0.0903. The molecule has 0 fully saturated rings. The molecule has 0 bridgehead atoms. The van der Waals surface area contributed by atoms with Crippen molar-refractivity contribution in [2.45, 2.75) is 20.4 Å². The van der Waals surface area contributed by atoms with Gasteiger partial charge in [-0.25, -0.2) is 0 Å². The second kappa shape index (κ2) is 5.40. The fourth-order valence-corrected chi connectivity index (χ4v) is 2.44. The second-order valence-corrected chi connectivity index (χ2v) is 5.11. The van der Waals surface area contributed by atoms with E-state index in [1.54, 1.807) is 6.20 Å². The first-order valence-corrected chi connectivity index (χ1v) is 6.93. The maximum atomic E-state index is 12.4. The number of hydrogen-bond donors (Lipinski definition) is 2. The Bertz CT molecular complexity index is 790. The Labute approximate surface area is 123 Å². The predicted octanol–water partition coefficient (Wildman–Crippen LogP) is 3.11. The van der Waals surface area contributed by atoms with Gasteiger partial charge < -0.3 is 10.3 Å². The lowest BCUT2D eigenvalue weighted by Gasteiger charge is -2.06.